The van der Waals surface area contributed by atoms with Gasteiger partial charge in [-0.1, -0.05) is 11.6 Å². The first-order chi connectivity index (χ1) is 9.27. The molecular formula is C11H6ClF4IN2S. The Hall–Kier alpha value is -0.610. The Bertz CT molecular complexity index is 629. The van der Waals surface area contributed by atoms with Gasteiger partial charge >= 0.3 is 6.18 Å². The zero-order chi connectivity index (χ0) is 14.9. The second-order valence-corrected chi connectivity index (χ2v) is 6.53. The van der Waals surface area contributed by atoms with Crippen LogP contribution in [-0.2, 0) is 12.7 Å². The summed E-state index contributed by atoms with van der Waals surface area (Å²) in [4.78, 5) is 4.55. The van der Waals surface area contributed by atoms with Crippen LogP contribution >= 0.6 is 45.5 Å². The maximum absolute atomic E-state index is 13.5. The number of benzene rings is 1. The molecule has 0 saturated carbocycles. The molecule has 0 fully saturated rings. The molecule has 0 amide bonds. The van der Waals surface area contributed by atoms with Gasteiger partial charge in [0, 0.05) is 11.1 Å². The van der Waals surface area contributed by atoms with E-state index in [0.29, 0.717) is 10.5 Å². The zero-order valence-corrected chi connectivity index (χ0v) is 13.3. The lowest BCUT2D eigenvalue weighted by molar-refractivity contribution is -0.137. The van der Waals surface area contributed by atoms with Crippen LogP contribution in [0.4, 0.5) is 23.2 Å². The summed E-state index contributed by atoms with van der Waals surface area (Å²) in [6, 6.07) is 1.37. The Morgan fingerprint density at radius 2 is 2.05 bits per heavy atom. The van der Waals surface area contributed by atoms with E-state index in [0.717, 1.165) is 10.9 Å². The summed E-state index contributed by atoms with van der Waals surface area (Å²) in [6.45, 7) is 0.223. The first-order valence-corrected chi connectivity index (χ1v) is 7.45. The van der Waals surface area contributed by atoms with Crippen LogP contribution in [0.25, 0.3) is 0 Å². The summed E-state index contributed by atoms with van der Waals surface area (Å²) in [5, 5.41) is 2.76. The van der Waals surface area contributed by atoms with Gasteiger partial charge in [0.25, 0.3) is 0 Å². The molecule has 9 heteroatoms. The molecule has 20 heavy (non-hydrogen) atoms. The van der Waals surface area contributed by atoms with Gasteiger partial charge in [0.15, 0.2) is 4.47 Å². The number of rotatable bonds is 3. The van der Waals surface area contributed by atoms with E-state index in [4.69, 9.17) is 11.6 Å². The summed E-state index contributed by atoms with van der Waals surface area (Å²) >= 11 is 8.51. The van der Waals surface area contributed by atoms with Crippen molar-refractivity contribution in [3.63, 3.8) is 0 Å². The van der Waals surface area contributed by atoms with Crippen LogP contribution in [0, 0.1) is 9.39 Å². The fourth-order valence-electron chi connectivity index (χ4n) is 1.43. The second-order valence-electron chi connectivity index (χ2n) is 3.75. The molecule has 108 valence electrons. The van der Waals surface area contributed by atoms with Crippen LogP contribution < -0.4 is 5.32 Å². The highest BCUT2D eigenvalue weighted by Crippen LogP contribution is 2.34. The first kappa shape index (κ1) is 15.8. The third-order valence-electron chi connectivity index (χ3n) is 2.33. The number of nitrogens with one attached hydrogen (secondary N) is 1. The van der Waals surface area contributed by atoms with Gasteiger partial charge in [0.1, 0.15) is 5.82 Å². The topological polar surface area (TPSA) is 24.9 Å². The van der Waals surface area contributed by atoms with E-state index in [-0.39, 0.29) is 15.8 Å². The number of hydrogen-bond donors (Lipinski definition) is 1. The molecule has 0 saturated heterocycles. The van der Waals surface area contributed by atoms with E-state index in [2.05, 4.69) is 10.3 Å². The molecule has 1 aromatic carbocycles. The molecule has 2 rings (SSSR count). The van der Waals surface area contributed by atoms with Crippen molar-refractivity contribution in [3.8, 4) is 0 Å². The normalized spacial score (nSPS) is 11.7. The third kappa shape index (κ3) is 3.73. The minimum atomic E-state index is -4.59. The van der Waals surface area contributed by atoms with Crippen molar-refractivity contribution in [1.29, 1.82) is 0 Å². The fraction of sp³-hybridized carbons (Fsp3) is 0.182. The Labute approximate surface area is 134 Å². The lowest BCUT2D eigenvalue weighted by atomic mass is 10.2. The average Bonchev–Trinajstić information content (AvgIpc) is 2.75. The van der Waals surface area contributed by atoms with E-state index in [9.17, 15) is 17.6 Å². The molecule has 2 nitrogen and oxygen atoms in total. The van der Waals surface area contributed by atoms with Crippen molar-refractivity contribution >= 4 is 51.2 Å². The van der Waals surface area contributed by atoms with Crippen LogP contribution in [0.2, 0.25) is 4.47 Å². The molecule has 0 bridgehead atoms. The standard InChI is InChI=1S/C11H6ClF4IN2S/c12-10-19-4-6(20-10)3-18-8-2-5(11(14,15)16)1-7(13)9(8)17/h1-2,4,18H,3H2. The van der Waals surface area contributed by atoms with E-state index in [1.165, 1.54) is 17.5 Å². The van der Waals surface area contributed by atoms with Crippen molar-refractivity contribution in [1.82, 2.24) is 4.98 Å². The summed E-state index contributed by atoms with van der Waals surface area (Å²) in [7, 11) is 0. The number of nitrogens with zero attached hydrogens (tertiary/aromatic N) is 1. The van der Waals surface area contributed by atoms with Gasteiger partial charge in [-0.25, -0.2) is 9.37 Å². The van der Waals surface area contributed by atoms with Crippen molar-refractivity contribution in [2.24, 2.45) is 0 Å². The van der Waals surface area contributed by atoms with Crippen molar-refractivity contribution < 1.29 is 17.6 Å². The number of thiazole rings is 1. The Kier molecular flexibility index (Phi) is 4.75. The number of alkyl halides is 3. The monoisotopic (exact) mass is 436 g/mol. The summed E-state index contributed by atoms with van der Waals surface area (Å²) in [5.41, 5.74) is -0.942. The summed E-state index contributed by atoms with van der Waals surface area (Å²) in [5.74, 6) is -0.912. The van der Waals surface area contributed by atoms with Crippen LogP contribution in [0.3, 0.4) is 0 Å². The molecule has 0 aliphatic carbocycles. The van der Waals surface area contributed by atoms with Gasteiger partial charge in [-0.15, -0.1) is 11.3 Å². The Balaban J connectivity index is 2.24. The highest BCUT2D eigenvalue weighted by atomic mass is 127. The van der Waals surface area contributed by atoms with E-state index in [1.807, 2.05) is 0 Å². The maximum Gasteiger partial charge on any atom is 0.416 e. The summed E-state index contributed by atoms with van der Waals surface area (Å²) < 4.78 is 51.8. The largest absolute Gasteiger partial charge is 0.416 e. The molecular weight excluding hydrogens is 431 g/mol. The lowest BCUT2D eigenvalue weighted by Crippen LogP contribution is -2.09. The predicted molar refractivity (Wildman–Crippen MR) is 78.6 cm³/mol. The molecule has 0 radical (unpaired) electrons. The average molecular weight is 437 g/mol. The molecule has 2 aromatic rings. The Morgan fingerprint density at radius 1 is 1.35 bits per heavy atom. The molecule has 0 aliphatic rings. The van der Waals surface area contributed by atoms with Crippen molar-refractivity contribution in [3.05, 3.63) is 42.6 Å². The van der Waals surface area contributed by atoms with E-state index < -0.39 is 17.6 Å². The van der Waals surface area contributed by atoms with Crippen LogP contribution in [0.5, 0.6) is 0 Å². The molecule has 1 aromatic heterocycles. The minimum absolute atomic E-state index is 0.0856. The summed E-state index contributed by atoms with van der Waals surface area (Å²) in [6.07, 6.45) is -3.08. The number of halogens is 6. The maximum atomic E-state index is 13.5. The van der Waals surface area contributed by atoms with Gasteiger partial charge in [-0.05, 0) is 34.7 Å². The lowest BCUT2D eigenvalue weighted by Gasteiger charge is -2.13. The first-order valence-electron chi connectivity index (χ1n) is 5.17. The van der Waals surface area contributed by atoms with Gasteiger partial charge in [0.05, 0.1) is 21.4 Å². The number of anilines is 1. The zero-order valence-electron chi connectivity index (χ0n) is 9.56. The van der Waals surface area contributed by atoms with Crippen LogP contribution in [0.1, 0.15) is 10.4 Å². The van der Waals surface area contributed by atoms with Gasteiger partial charge in [-0.2, -0.15) is 13.2 Å². The molecule has 1 N–H and O–H groups in total. The predicted octanol–water partition coefficient (Wildman–Crippen LogP) is 5.17. The fourth-order valence-corrected chi connectivity index (χ4v) is 2.85. The van der Waals surface area contributed by atoms with Crippen molar-refractivity contribution in [2.45, 2.75) is 12.7 Å². The molecule has 0 unspecified atom stereocenters. The van der Waals surface area contributed by atoms with E-state index in [1.54, 1.807) is 22.6 Å². The van der Waals surface area contributed by atoms with Crippen LogP contribution in [0.15, 0.2) is 18.3 Å². The smallest absolute Gasteiger partial charge is 0.379 e. The molecule has 0 atom stereocenters. The van der Waals surface area contributed by atoms with Gasteiger partial charge in [0.2, 0.25) is 0 Å². The number of hydrogen-bond acceptors (Lipinski definition) is 3. The molecule has 0 aliphatic heterocycles. The second kappa shape index (κ2) is 6.02. The third-order valence-corrected chi connectivity index (χ3v) is 4.55. The Morgan fingerprint density at radius 3 is 2.60 bits per heavy atom. The van der Waals surface area contributed by atoms with Gasteiger partial charge < -0.3 is 5.32 Å². The molecule has 1 heterocycles. The number of aromatic nitrogens is 1. The van der Waals surface area contributed by atoms with Crippen LogP contribution in [-0.4, -0.2) is 4.98 Å². The highest BCUT2D eigenvalue weighted by Gasteiger charge is 2.32. The molecule has 0 spiro atoms. The van der Waals surface area contributed by atoms with Gasteiger partial charge in [-0.3, -0.25) is 0 Å². The minimum Gasteiger partial charge on any atom is -0.379 e. The quantitative estimate of drug-likeness (QED) is 0.530. The van der Waals surface area contributed by atoms with Crippen molar-refractivity contribution in [2.75, 3.05) is 5.32 Å². The SMILES string of the molecule is Fc1cc(C(F)(F)F)cc(NCc2cnc(Cl)s2)c1I. The highest BCUT2D eigenvalue weighted by molar-refractivity contribution is 14.1. The van der Waals surface area contributed by atoms with E-state index >= 15 is 0 Å².